The van der Waals surface area contributed by atoms with Crippen LogP contribution in [0.1, 0.15) is 34.3 Å². The molecule has 34 heavy (non-hydrogen) atoms. The van der Waals surface area contributed by atoms with E-state index in [0.29, 0.717) is 13.0 Å². The van der Waals surface area contributed by atoms with Crippen molar-refractivity contribution in [1.82, 2.24) is 24.7 Å². The molecular weight excluding hydrogens is 426 g/mol. The van der Waals surface area contributed by atoms with Crippen LogP contribution in [0, 0.1) is 11.8 Å². The predicted octanol–water partition coefficient (Wildman–Crippen LogP) is 4.18. The number of hydrogen-bond donors (Lipinski definition) is 2. The van der Waals surface area contributed by atoms with Gasteiger partial charge in [0.2, 0.25) is 0 Å². The Morgan fingerprint density at radius 3 is 2.85 bits per heavy atom. The van der Waals surface area contributed by atoms with Crippen LogP contribution in [-0.4, -0.2) is 30.5 Å². The first-order valence-electron chi connectivity index (χ1n) is 10.9. The molecule has 0 saturated carbocycles. The molecule has 7 heteroatoms. The van der Waals surface area contributed by atoms with Crippen LogP contribution in [0.25, 0.3) is 22.3 Å². The average Bonchev–Trinajstić information content (AvgIpc) is 3.53. The molecule has 0 fully saturated rings. The Labute approximate surface area is 195 Å². The van der Waals surface area contributed by atoms with Crippen LogP contribution >= 0.6 is 0 Å². The van der Waals surface area contributed by atoms with Crippen molar-refractivity contribution in [2.24, 2.45) is 0 Å². The number of Topliss-reactive ketones (excluding diaryl/α,β-unsaturated/α-hetero) is 1. The van der Waals surface area contributed by atoms with E-state index in [4.69, 9.17) is 0 Å². The van der Waals surface area contributed by atoms with Gasteiger partial charge in [-0.1, -0.05) is 17.9 Å². The highest BCUT2D eigenvalue weighted by Gasteiger charge is 2.12. The van der Waals surface area contributed by atoms with E-state index in [1.165, 1.54) is 4.57 Å². The number of rotatable bonds is 6. The monoisotopic (exact) mass is 447 g/mol. The van der Waals surface area contributed by atoms with Crippen LogP contribution in [0.5, 0.6) is 0 Å². The molecule has 0 atom stereocenters. The predicted molar refractivity (Wildman–Crippen MR) is 130 cm³/mol. The summed E-state index contributed by atoms with van der Waals surface area (Å²) in [6.07, 6.45) is 7.48. The first kappa shape index (κ1) is 21.2. The molecule has 0 aliphatic heterocycles. The normalized spacial score (nSPS) is 10.7. The molecule has 0 bridgehead atoms. The van der Waals surface area contributed by atoms with Crippen LogP contribution in [-0.2, 0) is 6.54 Å². The molecule has 5 rings (SSSR count). The van der Waals surface area contributed by atoms with Gasteiger partial charge in [-0.15, -0.1) is 0 Å². The molecule has 0 amide bonds. The van der Waals surface area contributed by atoms with Crippen molar-refractivity contribution in [3.8, 4) is 23.2 Å². The van der Waals surface area contributed by atoms with E-state index in [-0.39, 0.29) is 23.3 Å². The number of fused-ring (bicyclic) bond motifs is 1. The lowest BCUT2D eigenvalue weighted by molar-refractivity contribution is 0.0982. The number of hydrogen-bond acceptors (Lipinski definition) is 4. The molecule has 4 aromatic heterocycles. The fourth-order valence-corrected chi connectivity index (χ4v) is 3.82. The van der Waals surface area contributed by atoms with Gasteiger partial charge in [0.05, 0.1) is 23.3 Å². The van der Waals surface area contributed by atoms with E-state index in [9.17, 15) is 9.59 Å². The maximum Gasteiger partial charge on any atom is 0.261 e. The van der Waals surface area contributed by atoms with Crippen molar-refractivity contribution < 1.29 is 4.79 Å². The fraction of sp³-hybridized carbons (Fsp3) is 0.111. The zero-order valence-corrected chi connectivity index (χ0v) is 18.3. The molecule has 0 saturated heterocycles. The van der Waals surface area contributed by atoms with Gasteiger partial charge in [-0.3, -0.25) is 19.7 Å². The SMILES string of the molecule is O=C(CCC#Cc1ccc2c(-c3ccc[nH]3)n[nH]c2c1)c1cccn(Cc2cccnc2)c1=O. The third kappa shape index (κ3) is 4.43. The second kappa shape index (κ2) is 9.43. The van der Waals surface area contributed by atoms with Crippen molar-refractivity contribution in [3.63, 3.8) is 0 Å². The highest BCUT2D eigenvalue weighted by molar-refractivity contribution is 5.96. The van der Waals surface area contributed by atoms with Crippen LogP contribution in [0.4, 0.5) is 0 Å². The third-order valence-electron chi connectivity index (χ3n) is 5.52. The van der Waals surface area contributed by atoms with Crippen molar-refractivity contribution in [1.29, 1.82) is 0 Å². The minimum atomic E-state index is -0.299. The highest BCUT2D eigenvalue weighted by atomic mass is 16.1. The van der Waals surface area contributed by atoms with E-state index in [1.54, 1.807) is 30.7 Å². The number of benzene rings is 1. The second-order valence-electron chi connectivity index (χ2n) is 7.86. The summed E-state index contributed by atoms with van der Waals surface area (Å²) < 4.78 is 1.52. The summed E-state index contributed by atoms with van der Waals surface area (Å²) in [6, 6.07) is 16.8. The van der Waals surface area contributed by atoms with Gasteiger partial charge < -0.3 is 9.55 Å². The lowest BCUT2D eigenvalue weighted by Gasteiger charge is -2.07. The van der Waals surface area contributed by atoms with Gasteiger partial charge in [0.15, 0.2) is 5.78 Å². The summed E-state index contributed by atoms with van der Waals surface area (Å²) in [5.41, 5.74) is 4.32. The maximum absolute atomic E-state index is 12.8. The number of ketones is 1. The lowest BCUT2D eigenvalue weighted by Crippen LogP contribution is -2.26. The summed E-state index contributed by atoms with van der Waals surface area (Å²) >= 11 is 0. The summed E-state index contributed by atoms with van der Waals surface area (Å²) in [7, 11) is 0. The molecule has 0 spiro atoms. The Morgan fingerprint density at radius 1 is 1.09 bits per heavy atom. The molecule has 4 heterocycles. The van der Waals surface area contributed by atoms with Crippen LogP contribution in [0.2, 0.25) is 0 Å². The first-order chi connectivity index (χ1) is 16.7. The quantitative estimate of drug-likeness (QED) is 0.302. The number of aromatic amines is 2. The number of carbonyl (C=O) groups excluding carboxylic acids is 1. The largest absolute Gasteiger partial charge is 0.360 e. The zero-order valence-electron chi connectivity index (χ0n) is 18.3. The molecule has 0 unspecified atom stereocenters. The summed E-state index contributed by atoms with van der Waals surface area (Å²) in [6.45, 7) is 0.370. The second-order valence-corrected chi connectivity index (χ2v) is 7.86. The van der Waals surface area contributed by atoms with Gasteiger partial charge in [-0.25, -0.2) is 0 Å². The van der Waals surface area contributed by atoms with Crippen LogP contribution in [0.15, 0.2) is 84.2 Å². The molecular formula is C27H21N5O2. The van der Waals surface area contributed by atoms with E-state index in [2.05, 4.69) is 32.0 Å². The van der Waals surface area contributed by atoms with Gasteiger partial charge in [-0.2, -0.15) is 5.10 Å². The Morgan fingerprint density at radius 2 is 2.03 bits per heavy atom. The Bertz CT molecular complexity index is 1570. The van der Waals surface area contributed by atoms with Gasteiger partial charge >= 0.3 is 0 Å². The fourth-order valence-electron chi connectivity index (χ4n) is 3.82. The Balaban J connectivity index is 1.25. The van der Waals surface area contributed by atoms with Crippen molar-refractivity contribution >= 4 is 16.7 Å². The number of nitrogens with zero attached hydrogens (tertiary/aromatic N) is 3. The molecule has 1 aromatic carbocycles. The van der Waals surface area contributed by atoms with E-state index in [1.807, 2.05) is 48.7 Å². The third-order valence-corrected chi connectivity index (χ3v) is 5.52. The number of carbonyl (C=O) groups is 1. The minimum Gasteiger partial charge on any atom is -0.360 e. The minimum absolute atomic E-state index is 0.183. The summed E-state index contributed by atoms with van der Waals surface area (Å²) in [4.78, 5) is 32.6. The molecule has 0 radical (unpaired) electrons. The van der Waals surface area contributed by atoms with Crippen molar-refractivity contribution in [2.75, 3.05) is 0 Å². The summed E-state index contributed by atoms with van der Waals surface area (Å²) in [5.74, 6) is 5.94. The van der Waals surface area contributed by atoms with E-state index < -0.39 is 0 Å². The molecule has 0 aliphatic rings. The van der Waals surface area contributed by atoms with E-state index in [0.717, 1.165) is 33.4 Å². The van der Waals surface area contributed by atoms with Gasteiger partial charge in [0.25, 0.3) is 5.56 Å². The van der Waals surface area contributed by atoms with Gasteiger partial charge in [0.1, 0.15) is 5.69 Å². The zero-order chi connectivity index (χ0) is 23.3. The smallest absolute Gasteiger partial charge is 0.261 e. The van der Waals surface area contributed by atoms with Crippen molar-refractivity contribution in [2.45, 2.75) is 19.4 Å². The van der Waals surface area contributed by atoms with Crippen LogP contribution in [0.3, 0.4) is 0 Å². The van der Waals surface area contributed by atoms with Crippen LogP contribution < -0.4 is 5.56 Å². The molecule has 166 valence electrons. The average molecular weight is 447 g/mol. The van der Waals surface area contributed by atoms with Crippen molar-refractivity contribution in [3.05, 3.63) is 106 Å². The van der Waals surface area contributed by atoms with Gasteiger partial charge in [-0.05, 0) is 54.1 Å². The maximum atomic E-state index is 12.8. The summed E-state index contributed by atoms with van der Waals surface area (Å²) in [5, 5.41) is 8.44. The molecule has 7 nitrogen and oxygen atoms in total. The van der Waals surface area contributed by atoms with Gasteiger partial charge in [0, 0.05) is 48.6 Å². The Kier molecular flexibility index (Phi) is 5.87. The first-order valence-corrected chi connectivity index (χ1v) is 10.9. The highest BCUT2D eigenvalue weighted by Crippen LogP contribution is 2.25. The lowest BCUT2D eigenvalue weighted by atomic mass is 10.1. The number of H-pyrrole nitrogens is 2. The van der Waals surface area contributed by atoms with E-state index >= 15 is 0 Å². The molecule has 5 aromatic rings. The number of nitrogens with one attached hydrogen (secondary N) is 2. The Hall–Kier alpha value is -4.70. The standard InChI is InChI=1S/C27H21N5O2/c33-25(22-8-5-15-32(27(22)34)18-20-7-3-13-28-17-20)10-2-1-6-19-11-12-21-24(16-19)30-31-26(21)23-9-4-14-29-23/h3-5,7-9,11-17,29H,2,10,18H2,(H,30,31). The molecule has 2 N–H and O–H groups in total. The number of aromatic nitrogens is 5. The topological polar surface area (TPSA) is 96.4 Å². The molecule has 0 aliphatic carbocycles. The number of pyridine rings is 2.